The van der Waals surface area contributed by atoms with Crippen molar-refractivity contribution in [1.82, 2.24) is 10.3 Å². The maximum Gasteiger partial charge on any atom is 0.328 e. The van der Waals surface area contributed by atoms with E-state index < -0.39 is 34.8 Å². The van der Waals surface area contributed by atoms with Gasteiger partial charge in [0, 0.05) is 5.69 Å². The first kappa shape index (κ1) is 28.1. The largest absolute Gasteiger partial charge is 0.506 e. The van der Waals surface area contributed by atoms with Gasteiger partial charge in [-0.25, -0.2) is 4.79 Å². The molecule has 3 N–H and O–H groups in total. The number of carbonyl (C=O) groups is 2. The third kappa shape index (κ3) is 6.45. The molecule has 1 unspecified atom stereocenters. The Bertz CT molecular complexity index is 1130. The molecule has 0 aliphatic heterocycles. The molecule has 1 fully saturated rings. The number of carbonyl (C=O) groups excluding carboxylic acids is 2. The van der Waals surface area contributed by atoms with Crippen LogP contribution in [0.3, 0.4) is 0 Å². The summed E-state index contributed by atoms with van der Waals surface area (Å²) in [6.45, 7) is 2.02. The number of aromatic nitrogens is 1. The number of esters is 1. The molecule has 1 atom stereocenters. The lowest BCUT2D eigenvalue weighted by Crippen LogP contribution is -2.44. The molecule has 202 valence electrons. The van der Waals surface area contributed by atoms with Gasteiger partial charge in [-0.1, -0.05) is 51.5 Å². The normalized spacial score (nSPS) is 14.6. The zero-order valence-corrected chi connectivity index (χ0v) is 22.1. The summed E-state index contributed by atoms with van der Waals surface area (Å²) in [5.41, 5.74) is -0.0568. The maximum absolute atomic E-state index is 13.4. The van der Waals surface area contributed by atoms with E-state index in [9.17, 15) is 19.5 Å². The summed E-state index contributed by atoms with van der Waals surface area (Å²) in [6.07, 6.45) is 7.75. The van der Waals surface area contributed by atoms with Gasteiger partial charge < -0.3 is 29.6 Å². The molecule has 0 saturated heterocycles. The van der Waals surface area contributed by atoms with Crippen molar-refractivity contribution in [2.24, 2.45) is 5.92 Å². The topological polar surface area (TPSA) is 127 Å². The summed E-state index contributed by atoms with van der Waals surface area (Å²) < 4.78 is 16.0. The van der Waals surface area contributed by atoms with Crippen molar-refractivity contribution in [3.05, 3.63) is 39.8 Å². The first-order valence-electron chi connectivity index (χ1n) is 12.9. The summed E-state index contributed by atoms with van der Waals surface area (Å²) in [7, 11) is 4.25. The van der Waals surface area contributed by atoms with Gasteiger partial charge in [0.2, 0.25) is 0 Å². The first-order valence-corrected chi connectivity index (χ1v) is 12.9. The second-order valence-electron chi connectivity index (χ2n) is 9.46. The van der Waals surface area contributed by atoms with E-state index in [0.29, 0.717) is 35.6 Å². The second-order valence-corrected chi connectivity index (χ2v) is 9.46. The lowest BCUT2D eigenvalue weighted by atomic mass is 9.84. The second kappa shape index (κ2) is 13.2. The minimum Gasteiger partial charge on any atom is -0.506 e. The molecule has 37 heavy (non-hydrogen) atoms. The number of aromatic hydroxyl groups is 1. The number of benzene rings is 1. The number of pyridine rings is 1. The van der Waals surface area contributed by atoms with Crippen LogP contribution in [-0.4, -0.2) is 49.3 Å². The molecule has 1 aliphatic rings. The van der Waals surface area contributed by atoms with Crippen LogP contribution in [0.4, 0.5) is 0 Å². The summed E-state index contributed by atoms with van der Waals surface area (Å²) in [4.78, 5) is 41.9. The Kier molecular flexibility index (Phi) is 10.00. The average molecular weight is 515 g/mol. The zero-order chi connectivity index (χ0) is 26.9. The summed E-state index contributed by atoms with van der Waals surface area (Å²) in [5, 5.41) is 14.1. The minimum absolute atomic E-state index is 0.259. The van der Waals surface area contributed by atoms with Gasteiger partial charge in [-0.3, -0.25) is 9.59 Å². The number of ether oxygens (including phenoxy) is 3. The fourth-order valence-corrected chi connectivity index (χ4v) is 5.10. The highest BCUT2D eigenvalue weighted by Gasteiger charge is 2.31. The van der Waals surface area contributed by atoms with Crippen LogP contribution in [0, 0.1) is 5.92 Å². The SMILES string of the molecule is CCCCc1[nH]c(=O)c(C(=O)NC(CC2CCCCC2)C(=O)OC)c(O)c1-c1c(OC)cccc1OC. The zero-order valence-electron chi connectivity index (χ0n) is 22.1. The Morgan fingerprint density at radius 1 is 1.08 bits per heavy atom. The van der Waals surface area contributed by atoms with E-state index in [0.717, 1.165) is 44.9 Å². The number of H-pyrrole nitrogens is 1. The average Bonchev–Trinajstić information content (AvgIpc) is 2.91. The third-order valence-corrected chi connectivity index (χ3v) is 7.04. The number of hydrogen-bond acceptors (Lipinski definition) is 7. The molecule has 0 spiro atoms. The predicted octanol–water partition coefficient (Wildman–Crippen LogP) is 4.35. The predicted molar refractivity (Wildman–Crippen MR) is 140 cm³/mol. The van der Waals surface area contributed by atoms with Gasteiger partial charge in [-0.15, -0.1) is 0 Å². The van der Waals surface area contributed by atoms with Crippen LogP contribution in [0.1, 0.15) is 74.3 Å². The molecule has 1 heterocycles. The van der Waals surface area contributed by atoms with Crippen molar-refractivity contribution in [2.45, 2.75) is 70.8 Å². The van der Waals surface area contributed by atoms with E-state index >= 15 is 0 Å². The van der Waals surface area contributed by atoms with Gasteiger partial charge in [0.25, 0.3) is 11.5 Å². The van der Waals surface area contributed by atoms with Crippen LogP contribution < -0.4 is 20.3 Å². The molecule has 3 rings (SSSR count). The molecule has 9 nitrogen and oxygen atoms in total. The van der Waals surface area contributed by atoms with Gasteiger partial charge >= 0.3 is 5.97 Å². The van der Waals surface area contributed by atoms with Crippen LogP contribution in [0.25, 0.3) is 11.1 Å². The monoisotopic (exact) mass is 514 g/mol. The van der Waals surface area contributed by atoms with Crippen molar-refractivity contribution >= 4 is 11.9 Å². The number of rotatable bonds is 11. The summed E-state index contributed by atoms with van der Waals surface area (Å²) >= 11 is 0. The van der Waals surface area contributed by atoms with E-state index in [4.69, 9.17) is 14.2 Å². The van der Waals surface area contributed by atoms with Crippen molar-refractivity contribution in [3.8, 4) is 28.4 Å². The van der Waals surface area contributed by atoms with E-state index in [1.165, 1.54) is 21.3 Å². The molecule has 2 aromatic rings. The van der Waals surface area contributed by atoms with Crippen LogP contribution >= 0.6 is 0 Å². The smallest absolute Gasteiger partial charge is 0.328 e. The van der Waals surface area contributed by atoms with Crippen LogP contribution in [0.2, 0.25) is 0 Å². The maximum atomic E-state index is 13.4. The molecule has 0 bridgehead atoms. The highest BCUT2D eigenvalue weighted by atomic mass is 16.5. The number of nitrogens with one attached hydrogen (secondary N) is 2. The van der Waals surface area contributed by atoms with E-state index in [1.807, 2.05) is 6.92 Å². The third-order valence-electron chi connectivity index (χ3n) is 7.04. The molecular weight excluding hydrogens is 476 g/mol. The molecule has 1 aromatic heterocycles. The molecule has 9 heteroatoms. The Labute approximate surface area is 217 Å². The van der Waals surface area contributed by atoms with Crippen molar-refractivity contribution in [2.75, 3.05) is 21.3 Å². The Hall–Kier alpha value is -3.49. The fourth-order valence-electron chi connectivity index (χ4n) is 5.10. The highest BCUT2D eigenvalue weighted by Crippen LogP contribution is 2.44. The number of amides is 1. The van der Waals surface area contributed by atoms with E-state index in [-0.39, 0.29) is 11.5 Å². The molecular formula is C28H38N2O7. The van der Waals surface area contributed by atoms with Crippen molar-refractivity contribution < 1.29 is 28.9 Å². The van der Waals surface area contributed by atoms with E-state index in [1.54, 1.807) is 18.2 Å². The summed E-state index contributed by atoms with van der Waals surface area (Å²) in [5.74, 6) is -0.819. The van der Waals surface area contributed by atoms with Crippen LogP contribution in [-0.2, 0) is 16.0 Å². The fraction of sp³-hybridized carbons (Fsp3) is 0.536. The van der Waals surface area contributed by atoms with Crippen LogP contribution in [0.5, 0.6) is 17.2 Å². The van der Waals surface area contributed by atoms with Gasteiger partial charge in [-0.05, 0) is 37.3 Å². The van der Waals surface area contributed by atoms with Crippen LogP contribution in [0.15, 0.2) is 23.0 Å². The number of hydrogen-bond donors (Lipinski definition) is 3. The lowest BCUT2D eigenvalue weighted by Gasteiger charge is -2.26. The Morgan fingerprint density at radius 2 is 1.73 bits per heavy atom. The number of methoxy groups -OCH3 is 3. The molecule has 1 saturated carbocycles. The molecule has 0 radical (unpaired) electrons. The van der Waals surface area contributed by atoms with E-state index in [2.05, 4.69) is 10.3 Å². The van der Waals surface area contributed by atoms with Gasteiger partial charge in [0.1, 0.15) is 28.9 Å². The Balaban J connectivity index is 2.09. The summed E-state index contributed by atoms with van der Waals surface area (Å²) in [6, 6.07) is 4.24. The number of unbranched alkanes of at least 4 members (excludes halogenated alkanes) is 1. The van der Waals surface area contributed by atoms with Gasteiger partial charge in [-0.2, -0.15) is 0 Å². The molecule has 1 amide bonds. The number of aryl methyl sites for hydroxylation is 1. The minimum atomic E-state index is -0.927. The van der Waals surface area contributed by atoms with Gasteiger partial charge in [0.15, 0.2) is 0 Å². The standard InChI is InChI=1S/C28H38N2O7/c1-5-6-13-18-22(23-20(35-2)14-10-15-21(23)36-3)25(31)24(26(32)29-18)27(33)30-19(28(34)37-4)16-17-11-8-7-9-12-17/h10,14-15,17,19H,5-9,11-13,16H2,1-4H3,(H,30,33)(H2,29,31,32). The van der Waals surface area contributed by atoms with Crippen molar-refractivity contribution in [3.63, 3.8) is 0 Å². The lowest BCUT2D eigenvalue weighted by molar-refractivity contribution is -0.143. The highest BCUT2D eigenvalue weighted by molar-refractivity contribution is 6.01. The van der Waals surface area contributed by atoms with Gasteiger partial charge in [0.05, 0.1) is 32.5 Å². The van der Waals surface area contributed by atoms with Crippen molar-refractivity contribution in [1.29, 1.82) is 0 Å². The first-order chi connectivity index (χ1) is 17.9. The Morgan fingerprint density at radius 3 is 2.30 bits per heavy atom. The number of aromatic amines is 1. The molecule has 1 aliphatic carbocycles. The quantitative estimate of drug-likeness (QED) is 0.381. The molecule has 1 aromatic carbocycles.